The summed E-state index contributed by atoms with van der Waals surface area (Å²) in [5, 5.41) is 5.48. The molecule has 3 aromatic rings. The summed E-state index contributed by atoms with van der Waals surface area (Å²) in [6.07, 6.45) is 4.19. The van der Waals surface area contributed by atoms with Crippen LogP contribution in [0.25, 0.3) is 11.0 Å². The van der Waals surface area contributed by atoms with Crippen molar-refractivity contribution in [1.29, 1.82) is 0 Å². The number of ether oxygens (including phenoxy) is 1. The molecule has 1 aliphatic carbocycles. The number of rotatable bonds is 9. The van der Waals surface area contributed by atoms with E-state index in [1.807, 2.05) is 0 Å². The van der Waals surface area contributed by atoms with Crippen LogP contribution in [-0.4, -0.2) is 57.3 Å². The Hall–Kier alpha value is -3.36. The molecule has 0 bridgehead atoms. The largest absolute Gasteiger partial charge is 0.379 e. The van der Waals surface area contributed by atoms with Gasteiger partial charge in [-0.2, -0.15) is 8.42 Å². The summed E-state index contributed by atoms with van der Waals surface area (Å²) < 4.78 is 63.3. The van der Waals surface area contributed by atoms with Crippen LogP contribution in [0.5, 0.6) is 5.75 Å². The Kier molecular flexibility index (Phi) is 6.96. The van der Waals surface area contributed by atoms with Crippen LogP contribution < -0.4 is 19.5 Å². The molecule has 2 aromatic carbocycles. The number of imidazole rings is 1. The van der Waals surface area contributed by atoms with Gasteiger partial charge in [-0.25, -0.2) is 18.2 Å². The van der Waals surface area contributed by atoms with Crippen LogP contribution in [0.4, 0.5) is 16.4 Å². The highest BCUT2D eigenvalue weighted by atomic mass is 32.2. The molecule has 198 valence electrons. The molecule has 0 radical (unpaired) electrons. The Morgan fingerprint density at radius 2 is 1.84 bits per heavy atom. The van der Waals surface area contributed by atoms with Gasteiger partial charge in [0.2, 0.25) is 16.0 Å². The van der Waals surface area contributed by atoms with Gasteiger partial charge in [-0.05, 0) is 68.5 Å². The zero-order chi connectivity index (χ0) is 26.0. The predicted octanol–water partition coefficient (Wildman–Crippen LogP) is 2.93. The molecule has 1 saturated carbocycles. The smallest absolute Gasteiger partial charge is 0.339 e. The van der Waals surface area contributed by atoms with Gasteiger partial charge in [-0.15, -0.1) is 0 Å². The Morgan fingerprint density at radius 1 is 1.05 bits per heavy atom. The maximum absolute atomic E-state index is 12.8. The quantitative estimate of drug-likeness (QED) is 0.295. The van der Waals surface area contributed by atoms with E-state index in [1.54, 1.807) is 6.07 Å². The number of carbonyl (C=O) groups excluding carboxylic acids is 1. The van der Waals surface area contributed by atoms with Gasteiger partial charge in [0.15, 0.2) is 0 Å². The van der Waals surface area contributed by atoms with Crippen LogP contribution in [0.2, 0.25) is 0 Å². The zero-order valence-electron chi connectivity index (χ0n) is 19.8. The molecule has 5 rings (SSSR count). The van der Waals surface area contributed by atoms with Crippen molar-refractivity contribution in [2.45, 2.75) is 49.1 Å². The van der Waals surface area contributed by atoms with Gasteiger partial charge in [0.1, 0.15) is 10.6 Å². The van der Waals surface area contributed by atoms with Crippen molar-refractivity contribution in [3.8, 4) is 5.75 Å². The van der Waals surface area contributed by atoms with E-state index in [9.17, 15) is 21.6 Å². The van der Waals surface area contributed by atoms with Gasteiger partial charge >= 0.3 is 16.1 Å². The number of hydrogen-bond donors (Lipinski definition) is 4. The summed E-state index contributed by atoms with van der Waals surface area (Å²) in [7, 11) is -7.84. The number of amides is 2. The number of benzene rings is 2. The molecule has 1 unspecified atom stereocenters. The van der Waals surface area contributed by atoms with E-state index in [0.717, 1.165) is 25.7 Å². The lowest BCUT2D eigenvalue weighted by atomic mass is 9.93. The molecule has 37 heavy (non-hydrogen) atoms. The number of hydrogen-bond acceptors (Lipinski definition) is 8. The van der Waals surface area contributed by atoms with Crippen molar-refractivity contribution in [2.75, 3.05) is 22.4 Å². The third-order valence-corrected chi connectivity index (χ3v) is 8.80. The number of urea groups is 1. The second-order valence-electron chi connectivity index (χ2n) is 9.07. The monoisotopic (exact) mass is 549 g/mol. The van der Waals surface area contributed by atoms with Gasteiger partial charge in [-0.1, -0.05) is 0 Å². The van der Waals surface area contributed by atoms with Crippen molar-refractivity contribution in [1.82, 2.24) is 15.3 Å². The maximum atomic E-state index is 12.8. The molecule has 1 aromatic heterocycles. The van der Waals surface area contributed by atoms with Crippen LogP contribution in [0.1, 0.15) is 32.1 Å². The second kappa shape index (κ2) is 10.2. The predicted molar refractivity (Wildman–Crippen MR) is 137 cm³/mol. The fourth-order valence-corrected chi connectivity index (χ4v) is 6.34. The topological polar surface area (TPSA) is 169 Å². The molecule has 0 spiro atoms. The number of nitrogens with one attached hydrogen (secondary N) is 4. The summed E-state index contributed by atoms with van der Waals surface area (Å²) in [6.45, 7) is 0.551. The Bertz CT molecular complexity index is 1490. The average Bonchev–Trinajstić information content (AvgIpc) is 3.44. The fourth-order valence-electron chi connectivity index (χ4n) is 4.08. The number of aromatic nitrogens is 2. The van der Waals surface area contributed by atoms with Crippen LogP contribution in [0, 0.1) is 0 Å². The van der Waals surface area contributed by atoms with E-state index in [2.05, 4.69) is 25.3 Å². The molecule has 12 nitrogen and oxygen atoms in total. The molecule has 1 atom stereocenters. The standard InChI is InChI=1S/C23H27N5O7S2/c29-23(24-15-3-1-4-15)27-22-25-20-11-8-17(13-21(20)26-22)35-37(32,33)19-9-6-16(7-10-19)28-36(30,31)14-18-5-2-12-34-18/h6-11,13,15,18,28H,1-5,12,14H2,(H3,24,25,26,27,29). The Labute approximate surface area is 214 Å². The lowest BCUT2D eigenvalue weighted by Crippen LogP contribution is -2.42. The minimum absolute atomic E-state index is 0.0332. The van der Waals surface area contributed by atoms with Crippen LogP contribution in [0.15, 0.2) is 47.4 Å². The number of fused-ring (bicyclic) bond motifs is 1. The summed E-state index contributed by atoms with van der Waals surface area (Å²) in [5.74, 6) is 0.101. The lowest BCUT2D eigenvalue weighted by Gasteiger charge is -2.26. The Morgan fingerprint density at radius 3 is 2.51 bits per heavy atom. The molecule has 2 amide bonds. The number of sulfonamides is 1. The van der Waals surface area contributed by atoms with Crippen molar-refractivity contribution < 1.29 is 30.6 Å². The average molecular weight is 550 g/mol. The van der Waals surface area contributed by atoms with Crippen LogP contribution >= 0.6 is 0 Å². The molecule has 2 fully saturated rings. The molecule has 2 heterocycles. The van der Waals surface area contributed by atoms with Crippen LogP contribution in [0.3, 0.4) is 0 Å². The minimum atomic E-state index is -4.20. The van der Waals surface area contributed by atoms with E-state index in [-0.39, 0.29) is 46.2 Å². The third kappa shape index (κ3) is 6.32. The highest BCUT2D eigenvalue weighted by Crippen LogP contribution is 2.25. The van der Waals surface area contributed by atoms with E-state index in [4.69, 9.17) is 8.92 Å². The van der Waals surface area contributed by atoms with Gasteiger partial charge < -0.3 is 19.2 Å². The molecular weight excluding hydrogens is 522 g/mol. The number of aromatic amines is 1. The zero-order valence-corrected chi connectivity index (χ0v) is 21.4. The first-order valence-electron chi connectivity index (χ1n) is 11.9. The van der Waals surface area contributed by atoms with Crippen LogP contribution in [-0.2, 0) is 24.9 Å². The number of nitrogens with zero attached hydrogens (tertiary/aromatic N) is 1. The van der Waals surface area contributed by atoms with Crippen molar-refractivity contribution in [3.05, 3.63) is 42.5 Å². The normalized spacial score (nSPS) is 18.3. The first-order chi connectivity index (χ1) is 17.6. The highest BCUT2D eigenvalue weighted by molar-refractivity contribution is 7.92. The van der Waals surface area contributed by atoms with E-state index >= 15 is 0 Å². The van der Waals surface area contributed by atoms with E-state index in [0.29, 0.717) is 24.1 Å². The Balaban J connectivity index is 1.22. The molecular formula is C23H27N5O7S2. The highest BCUT2D eigenvalue weighted by Gasteiger charge is 2.24. The van der Waals surface area contributed by atoms with Gasteiger partial charge in [0.25, 0.3) is 0 Å². The maximum Gasteiger partial charge on any atom is 0.339 e. The molecule has 2 aliphatic rings. The minimum Gasteiger partial charge on any atom is -0.379 e. The fraction of sp³-hybridized carbons (Fsp3) is 0.391. The molecule has 1 saturated heterocycles. The van der Waals surface area contributed by atoms with Crippen molar-refractivity contribution in [3.63, 3.8) is 0 Å². The molecule has 4 N–H and O–H groups in total. The third-order valence-electron chi connectivity index (χ3n) is 6.18. The number of carbonyl (C=O) groups is 1. The molecule has 1 aliphatic heterocycles. The van der Waals surface area contributed by atoms with E-state index in [1.165, 1.54) is 36.4 Å². The number of H-pyrrole nitrogens is 1. The van der Waals surface area contributed by atoms with E-state index < -0.39 is 20.1 Å². The summed E-state index contributed by atoms with van der Waals surface area (Å²) in [5.41, 5.74) is 1.22. The lowest BCUT2D eigenvalue weighted by molar-refractivity contribution is 0.127. The van der Waals surface area contributed by atoms with Gasteiger partial charge in [-0.3, -0.25) is 10.0 Å². The van der Waals surface area contributed by atoms with Gasteiger partial charge in [0.05, 0.1) is 22.9 Å². The van der Waals surface area contributed by atoms with Gasteiger partial charge in [0, 0.05) is 24.4 Å². The first-order valence-corrected chi connectivity index (χ1v) is 15.0. The molecule has 14 heteroatoms. The number of anilines is 2. The SMILES string of the molecule is O=C(Nc1nc2cc(OS(=O)(=O)c3ccc(NS(=O)(=O)CC4CCCO4)cc3)ccc2[nH]1)NC1CCC1. The first kappa shape index (κ1) is 25.3. The summed E-state index contributed by atoms with van der Waals surface area (Å²) in [6, 6.07) is 9.53. The second-order valence-corrected chi connectivity index (χ2v) is 12.4. The van der Waals surface area contributed by atoms with Crippen molar-refractivity contribution >= 4 is 48.8 Å². The summed E-state index contributed by atoms with van der Waals surface area (Å²) >= 11 is 0. The summed E-state index contributed by atoms with van der Waals surface area (Å²) in [4.78, 5) is 19.1. The van der Waals surface area contributed by atoms with Crippen molar-refractivity contribution in [2.24, 2.45) is 0 Å².